The summed E-state index contributed by atoms with van der Waals surface area (Å²) in [5, 5.41) is 10.7. The fourth-order valence-electron chi connectivity index (χ4n) is 1.21. The Morgan fingerprint density at radius 3 is 2.58 bits per heavy atom. The first-order valence-corrected chi connectivity index (χ1v) is 7.32. The third-order valence-electron chi connectivity index (χ3n) is 1.94. The number of thioether (sulfide) groups is 2. The van der Waals surface area contributed by atoms with Gasteiger partial charge in [-0.3, -0.25) is 4.79 Å². The van der Waals surface area contributed by atoms with Crippen LogP contribution in [0, 0.1) is 11.3 Å². The number of carbonyl (C=O) groups excluding carboxylic acids is 2. The normalized spacial score (nSPS) is 16.4. The van der Waals surface area contributed by atoms with E-state index in [0.29, 0.717) is 10.8 Å². The van der Waals surface area contributed by atoms with Crippen LogP contribution in [0.5, 0.6) is 0 Å². The Bertz CT molecular complexity index is 477. The van der Waals surface area contributed by atoms with Crippen molar-refractivity contribution < 1.29 is 19.1 Å². The SMILES string of the molecule is CCOC(=O)CC1=CS/C(=C(/C#N)C(=O)OCC)S1. The van der Waals surface area contributed by atoms with Crippen LogP contribution in [0.1, 0.15) is 20.3 Å². The Morgan fingerprint density at radius 1 is 1.32 bits per heavy atom. The van der Waals surface area contributed by atoms with Crippen LogP contribution in [0.2, 0.25) is 0 Å². The van der Waals surface area contributed by atoms with Gasteiger partial charge in [0, 0.05) is 4.91 Å². The average Bonchev–Trinajstić information content (AvgIpc) is 2.79. The van der Waals surface area contributed by atoms with Crippen molar-refractivity contribution in [3.8, 4) is 6.07 Å². The molecule has 0 N–H and O–H groups in total. The Labute approximate surface area is 120 Å². The van der Waals surface area contributed by atoms with Crippen molar-refractivity contribution in [2.24, 2.45) is 0 Å². The predicted octanol–water partition coefficient (Wildman–Crippen LogP) is 2.56. The minimum absolute atomic E-state index is 0.0213. The number of rotatable bonds is 5. The molecule has 5 nitrogen and oxygen atoms in total. The molecule has 0 aliphatic carbocycles. The number of nitriles is 1. The predicted molar refractivity (Wildman–Crippen MR) is 73.8 cm³/mol. The van der Waals surface area contributed by atoms with Crippen LogP contribution in [0.25, 0.3) is 0 Å². The summed E-state index contributed by atoms with van der Waals surface area (Å²) in [6.07, 6.45) is 0.149. The van der Waals surface area contributed by atoms with E-state index in [-0.39, 0.29) is 24.6 Å². The summed E-state index contributed by atoms with van der Waals surface area (Å²) in [7, 11) is 0. The van der Waals surface area contributed by atoms with Crippen molar-refractivity contribution in [2.45, 2.75) is 20.3 Å². The van der Waals surface area contributed by atoms with Crippen LogP contribution >= 0.6 is 23.5 Å². The topological polar surface area (TPSA) is 76.4 Å². The van der Waals surface area contributed by atoms with Crippen molar-refractivity contribution in [2.75, 3.05) is 13.2 Å². The lowest BCUT2D eigenvalue weighted by atomic mass is 10.3. The number of hydrogen-bond acceptors (Lipinski definition) is 7. The smallest absolute Gasteiger partial charge is 0.350 e. The van der Waals surface area contributed by atoms with Crippen molar-refractivity contribution in [1.29, 1.82) is 5.26 Å². The van der Waals surface area contributed by atoms with Gasteiger partial charge in [0.25, 0.3) is 0 Å². The largest absolute Gasteiger partial charge is 0.466 e. The van der Waals surface area contributed by atoms with Crippen LogP contribution in [-0.4, -0.2) is 25.2 Å². The lowest BCUT2D eigenvalue weighted by Gasteiger charge is -2.03. The molecule has 7 heteroatoms. The number of carbonyl (C=O) groups is 2. The van der Waals surface area contributed by atoms with Crippen LogP contribution in [0.15, 0.2) is 20.1 Å². The molecular weight excluding hydrogens is 286 g/mol. The molecule has 102 valence electrons. The Morgan fingerprint density at radius 2 is 2.00 bits per heavy atom. The van der Waals surface area contributed by atoms with Gasteiger partial charge < -0.3 is 9.47 Å². The maximum Gasteiger partial charge on any atom is 0.350 e. The van der Waals surface area contributed by atoms with E-state index in [4.69, 9.17) is 14.7 Å². The molecule has 0 saturated carbocycles. The van der Waals surface area contributed by atoms with Crippen LogP contribution in [0.4, 0.5) is 0 Å². The van der Waals surface area contributed by atoms with Gasteiger partial charge in [-0.2, -0.15) is 5.26 Å². The van der Waals surface area contributed by atoms with Crippen LogP contribution < -0.4 is 0 Å². The highest BCUT2D eigenvalue weighted by Crippen LogP contribution is 2.46. The van der Waals surface area contributed by atoms with Gasteiger partial charge >= 0.3 is 11.9 Å². The number of ether oxygens (including phenoxy) is 2. The minimum Gasteiger partial charge on any atom is -0.466 e. The Kier molecular flexibility index (Phi) is 6.53. The van der Waals surface area contributed by atoms with E-state index in [1.807, 2.05) is 6.07 Å². The lowest BCUT2D eigenvalue weighted by Crippen LogP contribution is -2.07. The number of hydrogen-bond donors (Lipinski definition) is 0. The van der Waals surface area contributed by atoms with Gasteiger partial charge in [-0.25, -0.2) is 4.79 Å². The average molecular weight is 299 g/mol. The Balaban J connectivity index is 2.68. The monoisotopic (exact) mass is 299 g/mol. The molecule has 0 bridgehead atoms. The zero-order valence-electron chi connectivity index (χ0n) is 10.6. The second-order valence-electron chi connectivity index (χ2n) is 3.28. The van der Waals surface area contributed by atoms with Gasteiger partial charge in [0.15, 0.2) is 5.57 Å². The standard InChI is InChI=1S/C12H13NO4S2/c1-3-16-10(14)5-8-7-18-12(19-8)9(6-13)11(15)17-4-2/h7H,3-5H2,1-2H3/b12-9+. The van der Waals surface area contributed by atoms with E-state index >= 15 is 0 Å². The molecule has 1 aliphatic heterocycles. The summed E-state index contributed by atoms with van der Waals surface area (Å²) >= 11 is 2.48. The van der Waals surface area contributed by atoms with E-state index in [0.717, 1.165) is 4.91 Å². The summed E-state index contributed by atoms with van der Waals surface area (Å²) in [6, 6.07) is 1.84. The molecular formula is C12H13NO4S2. The third-order valence-corrected chi connectivity index (χ3v) is 4.36. The molecule has 0 fully saturated rings. The molecule has 0 radical (unpaired) electrons. The molecule has 1 heterocycles. The summed E-state index contributed by atoms with van der Waals surface area (Å²) in [5.74, 6) is -0.955. The molecule has 0 aromatic carbocycles. The van der Waals surface area contributed by atoms with Gasteiger partial charge in [-0.1, -0.05) is 23.5 Å². The van der Waals surface area contributed by atoms with E-state index in [1.165, 1.54) is 23.5 Å². The van der Waals surface area contributed by atoms with Crippen LogP contribution in [-0.2, 0) is 19.1 Å². The van der Waals surface area contributed by atoms with Gasteiger partial charge in [0.05, 0.1) is 23.9 Å². The molecule has 0 saturated heterocycles. The van der Waals surface area contributed by atoms with Crippen molar-refractivity contribution in [3.63, 3.8) is 0 Å². The number of esters is 2. The maximum atomic E-state index is 11.5. The van der Waals surface area contributed by atoms with Gasteiger partial charge in [0.2, 0.25) is 0 Å². The lowest BCUT2D eigenvalue weighted by molar-refractivity contribution is -0.142. The van der Waals surface area contributed by atoms with Crippen LogP contribution in [0.3, 0.4) is 0 Å². The zero-order chi connectivity index (χ0) is 14.3. The molecule has 1 aliphatic rings. The zero-order valence-corrected chi connectivity index (χ0v) is 12.2. The van der Waals surface area contributed by atoms with Gasteiger partial charge in [0.1, 0.15) is 6.07 Å². The summed E-state index contributed by atoms with van der Waals surface area (Å²) < 4.78 is 10.2. The highest BCUT2D eigenvalue weighted by molar-refractivity contribution is 8.28. The maximum absolute atomic E-state index is 11.5. The highest BCUT2D eigenvalue weighted by Gasteiger charge is 2.23. The number of nitrogens with zero attached hydrogens (tertiary/aromatic N) is 1. The molecule has 0 amide bonds. The molecule has 1 rings (SSSR count). The van der Waals surface area contributed by atoms with Gasteiger partial charge in [-0.15, -0.1) is 0 Å². The first-order chi connectivity index (χ1) is 9.12. The summed E-state index contributed by atoms with van der Waals surface area (Å²) in [5.41, 5.74) is -0.0213. The molecule has 19 heavy (non-hydrogen) atoms. The van der Waals surface area contributed by atoms with Crippen molar-refractivity contribution in [3.05, 3.63) is 20.1 Å². The van der Waals surface area contributed by atoms with Crippen molar-refractivity contribution >= 4 is 35.5 Å². The second-order valence-corrected chi connectivity index (χ2v) is 5.56. The molecule has 0 atom stereocenters. The Hall–Kier alpha value is -1.39. The molecule has 0 aromatic rings. The van der Waals surface area contributed by atoms with E-state index in [9.17, 15) is 9.59 Å². The quantitative estimate of drug-likeness (QED) is 0.438. The molecule has 0 spiro atoms. The fourth-order valence-corrected chi connectivity index (χ4v) is 3.43. The highest BCUT2D eigenvalue weighted by atomic mass is 32.2. The first kappa shape index (κ1) is 15.7. The van der Waals surface area contributed by atoms with E-state index in [1.54, 1.807) is 19.3 Å². The first-order valence-electron chi connectivity index (χ1n) is 5.63. The summed E-state index contributed by atoms with van der Waals surface area (Å²) in [6.45, 7) is 3.97. The van der Waals surface area contributed by atoms with E-state index in [2.05, 4.69) is 0 Å². The molecule has 0 unspecified atom stereocenters. The minimum atomic E-state index is -0.634. The van der Waals surface area contributed by atoms with Crippen molar-refractivity contribution in [1.82, 2.24) is 0 Å². The fraction of sp³-hybridized carbons (Fsp3) is 0.417. The summed E-state index contributed by atoms with van der Waals surface area (Å²) in [4.78, 5) is 23.6. The van der Waals surface area contributed by atoms with Gasteiger partial charge in [-0.05, 0) is 19.3 Å². The van der Waals surface area contributed by atoms with E-state index < -0.39 is 5.97 Å². The molecule has 0 aromatic heterocycles. The second kappa shape index (κ2) is 7.92. The third kappa shape index (κ3) is 4.65.